The number of nitrogens with zero attached hydrogens (tertiary/aromatic N) is 3. The smallest absolute Gasteiger partial charge is 0.159 e. The van der Waals surface area contributed by atoms with Gasteiger partial charge in [0.15, 0.2) is 11.6 Å². The highest BCUT2D eigenvalue weighted by Crippen LogP contribution is 2.29. The molecule has 2 aliphatic rings. The van der Waals surface area contributed by atoms with Crippen molar-refractivity contribution in [1.29, 1.82) is 0 Å². The minimum absolute atomic E-state index is 0.00391. The van der Waals surface area contributed by atoms with Gasteiger partial charge in [0.2, 0.25) is 0 Å². The van der Waals surface area contributed by atoms with E-state index >= 15 is 0 Å². The first-order valence-electron chi connectivity index (χ1n) is 11.7. The van der Waals surface area contributed by atoms with Crippen LogP contribution in [0.15, 0.2) is 24.7 Å². The Morgan fingerprint density at radius 1 is 1.27 bits per heavy atom. The number of ether oxygens (including phenoxy) is 1. The monoisotopic (exact) mass is 456 g/mol. The minimum atomic E-state index is -0.477. The summed E-state index contributed by atoms with van der Waals surface area (Å²) >= 11 is 0. The molecule has 0 spiro atoms. The van der Waals surface area contributed by atoms with Crippen LogP contribution in [-0.4, -0.2) is 58.6 Å². The van der Waals surface area contributed by atoms with Gasteiger partial charge >= 0.3 is 0 Å². The number of halogens is 1. The summed E-state index contributed by atoms with van der Waals surface area (Å²) in [5.41, 5.74) is 0.659. The zero-order valence-corrected chi connectivity index (χ0v) is 19.5. The van der Waals surface area contributed by atoms with Crippen molar-refractivity contribution in [1.82, 2.24) is 20.3 Å². The molecule has 178 valence electrons. The minimum Gasteiger partial charge on any atom is -0.376 e. The number of hydrogen-bond acceptors (Lipinski definition) is 8. The summed E-state index contributed by atoms with van der Waals surface area (Å²) in [6, 6.07) is 2.93. The lowest BCUT2D eigenvalue weighted by molar-refractivity contribution is -0.122. The number of ketones is 1. The van der Waals surface area contributed by atoms with Gasteiger partial charge in [-0.3, -0.25) is 4.79 Å². The molecule has 0 saturated carbocycles. The van der Waals surface area contributed by atoms with Crippen LogP contribution in [0.5, 0.6) is 0 Å². The number of Topliss-reactive ketones (excluding diaryl/α,β-unsaturated/α-hetero) is 1. The van der Waals surface area contributed by atoms with Crippen LogP contribution in [0.2, 0.25) is 0 Å². The highest BCUT2D eigenvalue weighted by Gasteiger charge is 2.29. The van der Waals surface area contributed by atoms with Gasteiger partial charge in [-0.25, -0.2) is 19.3 Å². The maximum absolute atomic E-state index is 14.6. The van der Waals surface area contributed by atoms with Crippen molar-refractivity contribution in [2.45, 2.75) is 51.7 Å². The van der Waals surface area contributed by atoms with Crippen molar-refractivity contribution >= 4 is 17.4 Å². The van der Waals surface area contributed by atoms with E-state index < -0.39 is 11.9 Å². The van der Waals surface area contributed by atoms with Crippen LogP contribution in [0.1, 0.15) is 40.0 Å². The fraction of sp³-hybridized carbons (Fsp3) is 0.583. The van der Waals surface area contributed by atoms with Gasteiger partial charge < -0.3 is 20.7 Å². The molecule has 8 nitrogen and oxygen atoms in total. The summed E-state index contributed by atoms with van der Waals surface area (Å²) in [5, 5.41) is 9.69. The quantitative estimate of drug-likeness (QED) is 0.556. The third-order valence-corrected chi connectivity index (χ3v) is 6.42. The second-order valence-corrected chi connectivity index (χ2v) is 9.64. The fourth-order valence-corrected chi connectivity index (χ4v) is 4.64. The van der Waals surface area contributed by atoms with Crippen LogP contribution >= 0.6 is 0 Å². The number of rotatable bonds is 8. The molecule has 0 bridgehead atoms. The van der Waals surface area contributed by atoms with E-state index in [4.69, 9.17) is 4.74 Å². The highest BCUT2D eigenvalue weighted by atomic mass is 19.1. The van der Waals surface area contributed by atoms with Crippen LogP contribution in [0.4, 0.5) is 16.0 Å². The molecular formula is C24H33FN6O2. The molecule has 1 unspecified atom stereocenters. The number of carbonyl (C=O) groups is 1. The number of pyridine rings is 1. The Bertz CT molecular complexity index is 979. The van der Waals surface area contributed by atoms with E-state index in [0.29, 0.717) is 35.4 Å². The Balaban J connectivity index is 1.43. The Labute approximate surface area is 194 Å². The molecule has 2 aliphatic heterocycles. The molecule has 2 aromatic rings. The van der Waals surface area contributed by atoms with Crippen molar-refractivity contribution < 1.29 is 13.9 Å². The predicted molar refractivity (Wildman–Crippen MR) is 126 cm³/mol. The largest absolute Gasteiger partial charge is 0.376 e. The van der Waals surface area contributed by atoms with Crippen LogP contribution in [-0.2, 0) is 9.53 Å². The van der Waals surface area contributed by atoms with E-state index in [2.05, 4.69) is 44.7 Å². The second kappa shape index (κ2) is 10.1. The maximum atomic E-state index is 14.6. The normalized spacial score (nSPS) is 23.2. The topological polar surface area (TPSA) is 101 Å². The summed E-state index contributed by atoms with van der Waals surface area (Å²) in [6.45, 7) is 9.12. The SMILES string of the molecule is C[C@H](Nc1cc(-c2cc(NCC3CCOC(C)(C)C3)ncn2)c(F)cn1)C(=O)[C@@H]1CCNC1. The summed E-state index contributed by atoms with van der Waals surface area (Å²) in [4.78, 5) is 25.3. The fourth-order valence-electron chi connectivity index (χ4n) is 4.64. The number of anilines is 2. The highest BCUT2D eigenvalue weighted by molar-refractivity contribution is 5.88. The molecule has 4 heterocycles. The molecule has 2 saturated heterocycles. The predicted octanol–water partition coefficient (Wildman–Crippen LogP) is 3.27. The van der Waals surface area contributed by atoms with Crippen molar-refractivity contribution in [3.05, 3.63) is 30.5 Å². The van der Waals surface area contributed by atoms with Crippen molar-refractivity contribution in [2.75, 3.05) is 36.9 Å². The Morgan fingerprint density at radius 2 is 2.12 bits per heavy atom. The van der Waals surface area contributed by atoms with Gasteiger partial charge in [0.1, 0.15) is 18.0 Å². The number of hydrogen-bond donors (Lipinski definition) is 3. The zero-order valence-electron chi connectivity index (χ0n) is 19.5. The summed E-state index contributed by atoms with van der Waals surface area (Å²) in [5.74, 6) is 1.23. The number of nitrogens with one attached hydrogen (secondary N) is 3. The first kappa shape index (κ1) is 23.5. The van der Waals surface area contributed by atoms with Gasteiger partial charge in [0, 0.05) is 37.2 Å². The number of aromatic nitrogens is 3. The van der Waals surface area contributed by atoms with E-state index in [0.717, 1.165) is 45.2 Å². The average Bonchev–Trinajstić information content (AvgIpc) is 3.33. The lowest BCUT2D eigenvalue weighted by atomic mass is 9.88. The van der Waals surface area contributed by atoms with Crippen molar-refractivity contribution in [3.8, 4) is 11.3 Å². The Morgan fingerprint density at radius 3 is 2.88 bits per heavy atom. The molecule has 0 aliphatic carbocycles. The molecule has 0 amide bonds. The molecule has 9 heteroatoms. The zero-order chi connectivity index (χ0) is 23.4. The summed E-state index contributed by atoms with van der Waals surface area (Å²) in [7, 11) is 0. The summed E-state index contributed by atoms with van der Waals surface area (Å²) < 4.78 is 20.4. The number of carbonyl (C=O) groups excluding carboxylic acids is 1. The molecule has 2 fully saturated rings. The summed E-state index contributed by atoms with van der Waals surface area (Å²) in [6.07, 6.45) is 5.40. The second-order valence-electron chi connectivity index (χ2n) is 9.64. The molecular weight excluding hydrogens is 423 g/mol. The Kier molecular flexibility index (Phi) is 7.19. The molecule has 0 radical (unpaired) electrons. The van der Waals surface area contributed by atoms with Crippen LogP contribution in [0.3, 0.4) is 0 Å². The molecule has 2 aromatic heterocycles. The first-order valence-corrected chi connectivity index (χ1v) is 11.7. The van der Waals surface area contributed by atoms with Gasteiger partial charge in [-0.15, -0.1) is 0 Å². The van der Waals surface area contributed by atoms with E-state index in [1.54, 1.807) is 12.1 Å². The molecule has 0 aromatic carbocycles. The van der Waals surface area contributed by atoms with E-state index in [1.165, 1.54) is 6.33 Å². The first-order chi connectivity index (χ1) is 15.8. The van der Waals surface area contributed by atoms with Crippen molar-refractivity contribution in [3.63, 3.8) is 0 Å². The lowest BCUT2D eigenvalue weighted by Gasteiger charge is -2.35. The van der Waals surface area contributed by atoms with Gasteiger partial charge in [-0.05, 0) is 58.6 Å². The van der Waals surface area contributed by atoms with Gasteiger partial charge in [-0.2, -0.15) is 0 Å². The van der Waals surface area contributed by atoms with Crippen LogP contribution < -0.4 is 16.0 Å². The van der Waals surface area contributed by atoms with Gasteiger partial charge in [0.05, 0.1) is 23.5 Å². The lowest BCUT2D eigenvalue weighted by Crippen LogP contribution is -2.36. The van der Waals surface area contributed by atoms with Gasteiger partial charge in [-0.1, -0.05) is 0 Å². The molecule has 4 rings (SSSR count). The van der Waals surface area contributed by atoms with Gasteiger partial charge in [0.25, 0.3) is 0 Å². The molecule has 3 atom stereocenters. The Hall–Kier alpha value is -2.65. The van der Waals surface area contributed by atoms with E-state index in [1.807, 2.05) is 6.92 Å². The third kappa shape index (κ3) is 6.03. The van der Waals surface area contributed by atoms with Crippen LogP contribution in [0.25, 0.3) is 11.3 Å². The average molecular weight is 457 g/mol. The molecule has 3 N–H and O–H groups in total. The third-order valence-electron chi connectivity index (χ3n) is 6.42. The standard InChI is InChI=1S/C24H33FN6O2/c1-15(23(32)17-4-6-26-12-17)31-22-8-18(19(25)13-28-22)20-9-21(30-14-29-20)27-11-16-5-7-33-24(2,3)10-16/h8-9,13-17,26H,4-7,10-12H2,1-3H3,(H,28,31)(H,27,29,30)/t15-,16?,17+/m0/s1. The van der Waals surface area contributed by atoms with Crippen molar-refractivity contribution in [2.24, 2.45) is 11.8 Å². The maximum Gasteiger partial charge on any atom is 0.159 e. The molecule has 33 heavy (non-hydrogen) atoms. The van der Waals surface area contributed by atoms with E-state index in [9.17, 15) is 9.18 Å². The van der Waals surface area contributed by atoms with Crippen LogP contribution in [0, 0.1) is 17.7 Å². The van der Waals surface area contributed by atoms with E-state index in [-0.39, 0.29) is 17.3 Å².